The SMILES string of the molecule is COCc1nc(-c2cncn2C2CC2)nc(Cl)c1Br. The van der Waals surface area contributed by atoms with Crippen molar-refractivity contribution in [3.63, 3.8) is 0 Å². The maximum atomic E-state index is 6.14. The first-order valence-corrected chi connectivity index (χ1v) is 7.11. The average Bonchev–Trinajstić information content (AvgIpc) is 3.12. The van der Waals surface area contributed by atoms with E-state index in [0.29, 0.717) is 28.1 Å². The fourth-order valence-corrected chi connectivity index (χ4v) is 2.41. The second kappa shape index (κ2) is 5.19. The van der Waals surface area contributed by atoms with E-state index < -0.39 is 0 Å². The number of imidazole rings is 1. The Morgan fingerprint density at radius 3 is 2.95 bits per heavy atom. The smallest absolute Gasteiger partial charge is 0.179 e. The first kappa shape index (κ1) is 13.0. The minimum absolute atomic E-state index is 0.382. The van der Waals surface area contributed by atoms with Crippen LogP contribution in [-0.2, 0) is 11.3 Å². The number of hydrogen-bond donors (Lipinski definition) is 0. The highest BCUT2D eigenvalue weighted by molar-refractivity contribution is 9.10. The molecule has 2 aromatic heterocycles. The first-order chi connectivity index (χ1) is 9.20. The summed E-state index contributed by atoms with van der Waals surface area (Å²) < 4.78 is 7.91. The van der Waals surface area contributed by atoms with Crippen LogP contribution < -0.4 is 0 Å². The maximum absolute atomic E-state index is 6.14. The second-order valence-electron chi connectivity index (χ2n) is 4.45. The zero-order valence-electron chi connectivity index (χ0n) is 10.3. The quantitative estimate of drug-likeness (QED) is 0.800. The van der Waals surface area contributed by atoms with Gasteiger partial charge in [-0.1, -0.05) is 11.6 Å². The molecule has 2 aromatic rings. The van der Waals surface area contributed by atoms with Crippen LogP contribution in [0.1, 0.15) is 24.6 Å². The summed E-state index contributed by atoms with van der Waals surface area (Å²) in [6.45, 7) is 0.382. The van der Waals surface area contributed by atoms with Crippen LogP contribution in [0.2, 0.25) is 5.15 Å². The van der Waals surface area contributed by atoms with Crippen LogP contribution in [0, 0.1) is 0 Å². The molecule has 0 atom stereocenters. The lowest BCUT2D eigenvalue weighted by Crippen LogP contribution is -2.03. The molecule has 1 fully saturated rings. The van der Waals surface area contributed by atoms with Crippen molar-refractivity contribution in [1.82, 2.24) is 19.5 Å². The molecule has 1 aliphatic rings. The normalized spacial score (nSPS) is 14.9. The summed E-state index contributed by atoms with van der Waals surface area (Å²) in [6.07, 6.45) is 5.95. The van der Waals surface area contributed by atoms with Crippen LogP contribution in [0.3, 0.4) is 0 Å². The molecule has 5 nitrogen and oxygen atoms in total. The fraction of sp³-hybridized carbons (Fsp3) is 0.417. The molecule has 0 amide bonds. The third-order valence-electron chi connectivity index (χ3n) is 3.00. The van der Waals surface area contributed by atoms with E-state index in [-0.39, 0.29) is 0 Å². The Bertz CT molecular complexity index is 612. The van der Waals surface area contributed by atoms with Crippen molar-refractivity contribution in [1.29, 1.82) is 0 Å². The third-order valence-corrected chi connectivity index (χ3v) is 4.33. The lowest BCUT2D eigenvalue weighted by Gasteiger charge is -2.09. The van der Waals surface area contributed by atoms with E-state index in [9.17, 15) is 0 Å². The average molecular weight is 344 g/mol. The van der Waals surface area contributed by atoms with Gasteiger partial charge in [0.1, 0.15) is 10.8 Å². The zero-order chi connectivity index (χ0) is 13.4. The van der Waals surface area contributed by atoms with E-state index in [1.54, 1.807) is 13.3 Å². The highest BCUT2D eigenvalue weighted by Crippen LogP contribution is 2.38. The van der Waals surface area contributed by atoms with Gasteiger partial charge in [0, 0.05) is 13.2 Å². The lowest BCUT2D eigenvalue weighted by atomic mass is 10.3. The maximum Gasteiger partial charge on any atom is 0.179 e. The minimum Gasteiger partial charge on any atom is -0.378 e. The largest absolute Gasteiger partial charge is 0.378 e. The van der Waals surface area contributed by atoms with Gasteiger partial charge in [-0.05, 0) is 28.8 Å². The molecular weight excluding hydrogens is 332 g/mol. The van der Waals surface area contributed by atoms with E-state index in [2.05, 4.69) is 35.4 Å². The monoisotopic (exact) mass is 342 g/mol. The van der Waals surface area contributed by atoms with E-state index in [4.69, 9.17) is 16.3 Å². The van der Waals surface area contributed by atoms with Crippen molar-refractivity contribution in [2.45, 2.75) is 25.5 Å². The van der Waals surface area contributed by atoms with Gasteiger partial charge in [-0.15, -0.1) is 0 Å². The Hall–Kier alpha value is -0.980. The first-order valence-electron chi connectivity index (χ1n) is 5.93. The highest BCUT2D eigenvalue weighted by Gasteiger charge is 2.27. The summed E-state index contributed by atoms with van der Waals surface area (Å²) in [4.78, 5) is 13.0. The summed E-state index contributed by atoms with van der Waals surface area (Å²) in [5.74, 6) is 0.588. The van der Waals surface area contributed by atoms with Crippen LogP contribution in [0.15, 0.2) is 17.0 Å². The van der Waals surface area contributed by atoms with Crippen LogP contribution in [-0.4, -0.2) is 26.6 Å². The molecular formula is C12H12BrClN4O. The Balaban J connectivity index is 2.06. The third kappa shape index (κ3) is 2.52. The van der Waals surface area contributed by atoms with Crippen LogP contribution >= 0.6 is 27.5 Å². The van der Waals surface area contributed by atoms with Crippen LogP contribution in [0.5, 0.6) is 0 Å². The molecule has 7 heteroatoms. The van der Waals surface area contributed by atoms with E-state index in [1.807, 2.05) is 6.33 Å². The van der Waals surface area contributed by atoms with Gasteiger partial charge in [-0.2, -0.15) is 0 Å². The molecule has 0 saturated heterocycles. The molecule has 1 saturated carbocycles. The Labute approximate surface area is 124 Å². The van der Waals surface area contributed by atoms with Gasteiger partial charge >= 0.3 is 0 Å². The highest BCUT2D eigenvalue weighted by atomic mass is 79.9. The molecule has 0 spiro atoms. The van der Waals surface area contributed by atoms with Crippen LogP contribution in [0.4, 0.5) is 0 Å². The topological polar surface area (TPSA) is 52.8 Å². The second-order valence-corrected chi connectivity index (χ2v) is 5.60. The number of nitrogens with zero attached hydrogens (tertiary/aromatic N) is 4. The Morgan fingerprint density at radius 2 is 2.26 bits per heavy atom. The van der Waals surface area contributed by atoms with Gasteiger partial charge < -0.3 is 9.30 Å². The number of ether oxygens (including phenoxy) is 1. The fourth-order valence-electron chi connectivity index (χ4n) is 1.93. The molecule has 0 N–H and O–H groups in total. The van der Waals surface area contributed by atoms with Crippen molar-refractivity contribution < 1.29 is 4.74 Å². The summed E-state index contributed by atoms with van der Waals surface area (Å²) in [7, 11) is 1.62. The number of halogens is 2. The van der Waals surface area contributed by atoms with Gasteiger partial charge in [-0.3, -0.25) is 0 Å². The number of aromatic nitrogens is 4. The standard InChI is InChI=1S/C12H12BrClN4O/c1-19-5-8-10(13)11(14)17-12(16-8)9-4-15-6-18(9)7-2-3-7/h4,6-7H,2-3,5H2,1H3. The van der Waals surface area contributed by atoms with Gasteiger partial charge in [-0.25, -0.2) is 15.0 Å². The minimum atomic E-state index is 0.382. The van der Waals surface area contributed by atoms with Gasteiger partial charge in [0.25, 0.3) is 0 Å². The Morgan fingerprint density at radius 1 is 1.47 bits per heavy atom. The molecule has 0 aliphatic heterocycles. The Kier molecular flexibility index (Phi) is 3.56. The van der Waals surface area contributed by atoms with E-state index in [0.717, 1.165) is 11.4 Å². The molecule has 3 rings (SSSR count). The van der Waals surface area contributed by atoms with Crippen molar-refractivity contribution in [3.8, 4) is 11.5 Å². The molecule has 1 aliphatic carbocycles. The summed E-state index contributed by atoms with van der Waals surface area (Å²) in [5, 5.41) is 0.389. The molecule has 100 valence electrons. The van der Waals surface area contributed by atoms with E-state index >= 15 is 0 Å². The van der Waals surface area contributed by atoms with Crippen molar-refractivity contribution in [2.75, 3.05) is 7.11 Å². The summed E-state index contributed by atoms with van der Waals surface area (Å²) in [6, 6.07) is 0.523. The summed E-state index contributed by atoms with van der Waals surface area (Å²) >= 11 is 9.52. The predicted octanol–water partition coefficient (Wildman–Crippen LogP) is 3.24. The van der Waals surface area contributed by atoms with Crippen molar-refractivity contribution >= 4 is 27.5 Å². The molecule has 0 aromatic carbocycles. The number of rotatable bonds is 4. The van der Waals surface area contributed by atoms with Gasteiger partial charge in [0.2, 0.25) is 0 Å². The van der Waals surface area contributed by atoms with Crippen molar-refractivity contribution in [3.05, 3.63) is 27.8 Å². The van der Waals surface area contributed by atoms with Crippen molar-refractivity contribution in [2.24, 2.45) is 0 Å². The van der Waals surface area contributed by atoms with E-state index in [1.165, 1.54) is 12.8 Å². The molecule has 19 heavy (non-hydrogen) atoms. The molecule has 0 unspecified atom stereocenters. The molecule has 0 radical (unpaired) electrons. The van der Waals surface area contributed by atoms with Crippen LogP contribution in [0.25, 0.3) is 11.5 Å². The predicted molar refractivity (Wildman–Crippen MR) is 74.9 cm³/mol. The van der Waals surface area contributed by atoms with Gasteiger partial charge in [0.15, 0.2) is 5.82 Å². The lowest BCUT2D eigenvalue weighted by molar-refractivity contribution is 0.181. The number of hydrogen-bond acceptors (Lipinski definition) is 4. The molecule has 2 heterocycles. The zero-order valence-corrected chi connectivity index (χ0v) is 12.6. The van der Waals surface area contributed by atoms with Gasteiger partial charge in [0.05, 0.1) is 29.3 Å². The molecule has 0 bridgehead atoms. The number of methoxy groups -OCH3 is 1. The summed E-state index contributed by atoms with van der Waals surface area (Å²) in [5.41, 5.74) is 1.63.